The van der Waals surface area contributed by atoms with Gasteiger partial charge >= 0.3 is 0 Å². The summed E-state index contributed by atoms with van der Waals surface area (Å²) in [4.78, 5) is 0.979. The van der Waals surface area contributed by atoms with Crippen molar-refractivity contribution < 1.29 is 15.3 Å². The van der Waals surface area contributed by atoms with Gasteiger partial charge in [-0.2, -0.15) is 0 Å². The molecule has 1 saturated heterocycles. The van der Waals surface area contributed by atoms with Crippen molar-refractivity contribution in [1.82, 2.24) is 5.32 Å². The Kier molecular flexibility index (Phi) is 2.85. The third-order valence-electron chi connectivity index (χ3n) is 2.54. The molecule has 1 aromatic heterocycles. The molecule has 1 aromatic rings. The van der Waals surface area contributed by atoms with Gasteiger partial charge in [-0.1, -0.05) is 6.07 Å². The van der Waals surface area contributed by atoms with Gasteiger partial charge in [-0.25, -0.2) is 0 Å². The van der Waals surface area contributed by atoms with Gasteiger partial charge in [0, 0.05) is 4.88 Å². The Labute approximate surface area is 85.8 Å². The molecule has 4 atom stereocenters. The van der Waals surface area contributed by atoms with E-state index in [9.17, 15) is 10.2 Å². The molecule has 5 heteroatoms. The van der Waals surface area contributed by atoms with Gasteiger partial charge in [-0.05, 0) is 11.4 Å². The lowest BCUT2D eigenvalue weighted by Gasteiger charge is -2.13. The van der Waals surface area contributed by atoms with Crippen molar-refractivity contribution >= 4 is 11.3 Å². The van der Waals surface area contributed by atoms with Crippen LogP contribution in [0, 0.1) is 0 Å². The van der Waals surface area contributed by atoms with E-state index in [1.54, 1.807) is 0 Å². The van der Waals surface area contributed by atoms with E-state index in [1.807, 2.05) is 17.5 Å². The van der Waals surface area contributed by atoms with Gasteiger partial charge in [0.15, 0.2) is 0 Å². The van der Waals surface area contributed by atoms with Crippen LogP contribution in [0.3, 0.4) is 0 Å². The number of thiophene rings is 1. The molecule has 1 aliphatic heterocycles. The van der Waals surface area contributed by atoms with Gasteiger partial charge in [-0.3, -0.25) is 5.32 Å². The minimum Gasteiger partial charge on any atom is -0.395 e. The first-order valence-corrected chi connectivity index (χ1v) is 5.38. The minimum absolute atomic E-state index is 0.167. The second kappa shape index (κ2) is 3.96. The second-order valence-electron chi connectivity index (χ2n) is 3.43. The first kappa shape index (κ1) is 10.1. The molecule has 4 N–H and O–H groups in total. The lowest BCUT2D eigenvalue weighted by atomic mass is 10.1. The van der Waals surface area contributed by atoms with E-state index in [0.29, 0.717) is 0 Å². The predicted molar refractivity (Wildman–Crippen MR) is 53.1 cm³/mol. The van der Waals surface area contributed by atoms with Gasteiger partial charge in [0.25, 0.3) is 0 Å². The Balaban J connectivity index is 2.16. The normalized spacial score (nSPS) is 37.6. The summed E-state index contributed by atoms with van der Waals surface area (Å²) >= 11 is 1.52. The predicted octanol–water partition coefficient (Wildman–Crippen LogP) is -0.525. The van der Waals surface area contributed by atoms with Crippen LogP contribution in [0.4, 0.5) is 0 Å². The second-order valence-corrected chi connectivity index (χ2v) is 4.41. The van der Waals surface area contributed by atoms with Gasteiger partial charge in [0.1, 0.15) is 6.10 Å². The van der Waals surface area contributed by atoms with Crippen molar-refractivity contribution in [3.8, 4) is 0 Å². The third-order valence-corrected chi connectivity index (χ3v) is 3.50. The van der Waals surface area contributed by atoms with Crippen molar-refractivity contribution in [2.24, 2.45) is 0 Å². The summed E-state index contributed by atoms with van der Waals surface area (Å²) in [6.07, 6.45) is -1.74. The maximum absolute atomic E-state index is 9.71. The quantitative estimate of drug-likeness (QED) is 0.535. The number of hydrogen-bond donors (Lipinski definition) is 4. The van der Waals surface area contributed by atoms with E-state index in [4.69, 9.17) is 5.11 Å². The first-order valence-electron chi connectivity index (χ1n) is 4.50. The van der Waals surface area contributed by atoms with Crippen LogP contribution in [0.2, 0.25) is 0 Å². The summed E-state index contributed by atoms with van der Waals surface area (Å²) in [7, 11) is 0. The average molecular weight is 215 g/mol. The fourth-order valence-corrected chi connectivity index (χ4v) is 2.57. The largest absolute Gasteiger partial charge is 0.395 e. The zero-order chi connectivity index (χ0) is 10.1. The molecule has 1 fully saturated rings. The van der Waals surface area contributed by atoms with Crippen molar-refractivity contribution in [1.29, 1.82) is 0 Å². The average Bonchev–Trinajstić information content (AvgIpc) is 2.78. The van der Waals surface area contributed by atoms with E-state index in [1.165, 1.54) is 11.3 Å². The Hall–Kier alpha value is -0.460. The smallest absolute Gasteiger partial charge is 0.102 e. The van der Waals surface area contributed by atoms with Crippen molar-refractivity contribution in [3.63, 3.8) is 0 Å². The van der Waals surface area contributed by atoms with Crippen molar-refractivity contribution in [2.75, 3.05) is 6.61 Å². The molecular formula is C9H13NO3S. The molecule has 14 heavy (non-hydrogen) atoms. The number of aliphatic hydroxyl groups is 3. The molecule has 2 rings (SSSR count). The lowest BCUT2D eigenvalue weighted by molar-refractivity contribution is 0.0198. The molecule has 0 aliphatic carbocycles. The molecule has 0 unspecified atom stereocenters. The summed E-state index contributed by atoms with van der Waals surface area (Å²) in [5, 5.41) is 33.1. The van der Waals surface area contributed by atoms with Crippen LogP contribution in [-0.4, -0.2) is 40.2 Å². The van der Waals surface area contributed by atoms with Gasteiger partial charge in [-0.15, -0.1) is 11.3 Å². The molecule has 4 nitrogen and oxygen atoms in total. The van der Waals surface area contributed by atoms with Crippen molar-refractivity contribution in [2.45, 2.75) is 24.3 Å². The van der Waals surface area contributed by atoms with E-state index in [0.717, 1.165) is 4.88 Å². The molecule has 0 saturated carbocycles. The molecule has 0 aromatic carbocycles. The fraction of sp³-hybridized carbons (Fsp3) is 0.556. The lowest BCUT2D eigenvalue weighted by Crippen LogP contribution is -2.35. The Morgan fingerprint density at radius 2 is 2.14 bits per heavy atom. The number of hydrogen-bond acceptors (Lipinski definition) is 5. The summed E-state index contributed by atoms with van der Waals surface area (Å²) in [6, 6.07) is 3.10. The standard InChI is InChI=1S/C9H13NO3S/c11-4-5-8(12)9(13)7(10-5)6-2-1-3-14-6/h1-3,5,7-13H,4H2/t5-,7-,8-,9+/m1/s1. The molecule has 0 radical (unpaired) electrons. The molecule has 78 valence electrons. The van der Waals surface area contributed by atoms with E-state index in [2.05, 4.69) is 5.32 Å². The highest BCUT2D eigenvalue weighted by Gasteiger charge is 2.41. The summed E-state index contributed by atoms with van der Waals surface area (Å²) in [5.74, 6) is 0. The maximum atomic E-state index is 9.71. The van der Waals surface area contributed by atoms with Crippen LogP contribution >= 0.6 is 11.3 Å². The molecule has 0 amide bonds. The van der Waals surface area contributed by atoms with Crippen LogP contribution in [0.15, 0.2) is 17.5 Å². The van der Waals surface area contributed by atoms with Crippen LogP contribution in [-0.2, 0) is 0 Å². The van der Waals surface area contributed by atoms with Crippen molar-refractivity contribution in [3.05, 3.63) is 22.4 Å². The van der Waals surface area contributed by atoms with Crippen LogP contribution in [0.1, 0.15) is 10.9 Å². The third kappa shape index (κ3) is 1.57. The Morgan fingerprint density at radius 3 is 2.64 bits per heavy atom. The summed E-state index contributed by atoms with van der Waals surface area (Å²) in [5.41, 5.74) is 0. The zero-order valence-electron chi connectivity index (χ0n) is 7.50. The Bertz CT molecular complexity index is 290. The summed E-state index contributed by atoms with van der Waals surface area (Å²) < 4.78 is 0. The monoisotopic (exact) mass is 215 g/mol. The van der Waals surface area contributed by atoms with Gasteiger partial charge < -0.3 is 15.3 Å². The fourth-order valence-electron chi connectivity index (χ4n) is 1.74. The van der Waals surface area contributed by atoms with Crippen LogP contribution in [0.5, 0.6) is 0 Å². The molecule has 1 aliphatic rings. The first-order chi connectivity index (χ1) is 6.74. The van der Waals surface area contributed by atoms with E-state index >= 15 is 0 Å². The maximum Gasteiger partial charge on any atom is 0.102 e. The number of aliphatic hydroxyl groups excluding tert-OH is 3. The van der Waals surface area contributed by atoms with E-state index in [-0.39, 0.29) is 12.6 Å². The van der Waals surface area contributed by atoms with Crippen LogP contribution in [0.25, 0.3) is 0 Å². The molecule has 0 spiro atoms. The number of rotatable bonds is 2. The van der Waals surface area contributed by atoms with Crippen LogP contribution < -0.4 is 5.32 Å². The summed E-state index contributed by atoms with van der Waals surface area (Å²) in [6.45, 7) is -0.167. The highest BCUT2D eigenvalue weighted by atomic mass is 32.1. The van der Waals surface area contributed by atoms with Gasteiger partial charge in [0.05, 0.1) is 24.8 Å². The zero-order valence-corrected chi connectivity index (χ0v) is 8.31. The highest BCUT2D eigenvalue weighted by molar-refractivity contribution is 7.10. The topological polar surface area (TPSA) is 72.7 Å². The molecule has 0 bridgehead atoms. The van der Waals surface area contributed by atoms with E-state index < -0.39 is 18.2 Å². The Morgan fingerprint density at radius 1 is 1.36 bits per heavy atom. The minimum atomic E-state index is -0.896. The SMILES string of the molecule is OC[C@H]1N[C@H](c2cccs2)[C@H](O)[C@@H]1O. The highest BCUT2D eigenvalue weighted by Crippen LogP contribution is 2.30. The molecular weight excluding hydrogens is 202 g/mol. The van der Waals surface area contributed by atoms with Gasteiger partial charge in [0.2, 0.25) is 0 Å². The molecule has 2 heterocycles. The number of nitrogens with one attached hydrogen (secondary N) is 1.